The van der Waals surface area contributed by atoms with Crippen LogP contribution in [-0.2, 0) is 11.3 Å². The summed E-state index contributed by atoms with van der Waals surface area (Å²) in [6.45, 7) is 0.269. The first-order valence-corrected chi connectivity index (χ1v) is 8.60. The molecule has 1 amide bonds. The standard InChI is InChI=1S/C19H14BClN2O4/c21-17-8-12-11-26-20(25)16(12)9-15(17)19(24)23-13-6-7-18(22-10-13)27-14-4-2-1-3-5-14/h1-10,25H,11H2,(H,23,24). The molecule has 1 aromatic heterocycles. The van der Waals surface area contributed by atoms with Crippen molar-refractivity contribution in [2.45, 2.75) is 6.61 Å². The molecule has 4 rings (SSSR count). The molecule has 8 heteroatoms. The van der Waals surface area contributed by atoms with E-state index in [0.717, 1.165) is 5.56 Å². The first-order chi connectivity index (χ1) is 13.1. The van der Waals surface area contributed by atoms with Crippen molar-refractivity contribution in [3.05, 3.63) is 76.9 Å². The Balaban J connectivity index is 1.48. The van der Waals surface area contributed by atoms with Gasteiger partial charge in [-0.3, -0.25) is 4.79 Å². The van der Waals surface area contributed by atoms with E-state index >= 15 is 0 Å². The second kappa shape index (κ2) is 7.40. The van der Waals surface area contributed by atoms with Crippen molar-refractivity contribution >= 4 is 35.8 Å². The average molecular weight is 381 g/mol. The van der Waals surface area contributed by atoms with Gasteiger partial charge in [0.2, 0.25) is 5.88 Å². The fourth-order valence-corrected chi connectivity index (χ4v) is 3.01. The van der Waals surface area contributed by atoms with Crippen LogP contribution in [0.3, 0.4) is 0 Å². The van der Waals surface area contributed by atoms with Gasteiger partial charge in [0.05, 0.1) is 29.1 Å². The van der Waals surface area contributed by atoms with Crippen LogP contribution in [0.2, 0.25) is 5.02 Å². The second-order valence-electron chi connectivity index (χ2n) is 5.95. The molecule has 6 nitrogen and oxygen atoms in total. The zero-order valence-corrected chi connectivity index (χ0v) is 14.8. The van der Waals surface area contributed by atoms with E-state index in [4.69, 9.17) is 21.0 Å². The Kier molecular flexibility index (Phi) is 4.81. The Bertz CT molecular complexity index is 983. The molecule has 0 saturated carbocycles. The van der Waals surface area contributed by atoms with Gasteiger partial charge in [0.25, 0.3) is 5.91 Å². The maximum Gasteiger partial charge on any atom is 0.491 e. The topological polar surface area (TPSA) is 80.7 Å². The predicted molar refractivity (Wildman–Crippen MR) is 103 cm³/mol. The highest BCUT2D eigenvalue weighted by atomic mass is 35.5. The van der Waals surface area contributed by atoms with E-state index in [1.165, 1.54) is 6.20 Å². The van der Waals surface area contributed by atoms with Crippen LogP contribution in [0, 0.1) is 0 Å². The lowest BCUT2D eigenvalue weighted by Crippen LogP contribution is -2.29. The van der Waals surface area contributed by atoms with Crippen molar-refractivity contribution in [2.24, 2.45) is 0 Å². The summed E-state index contributed by atoms with van der Waals surface area (Å²) in [5.41, 5.74) is 2.07. The van der Waals surface area contributed by atoms with Gasteiger partial charge in [0.1, 0.15) is 5.75 Å². The van der Waals surface area contributed by atoms with Crippen molar-refractivity contribution in [2.75, 3.05) is 5.32 Å². The molecule has 1 aliphatic rings. The monoisotopic (exact) mass is 380 g/mol. The highest BCUT2D eigenvalue weighted by molar-refractivity contribution is 6.61. The van der Waals surface area contributed by atoms with Gasteiger partial charge in [-0.25, -0.2) is 4.98 Å². The lowest BCUT2D eigenvalue weighted by molar-refractivity contribution is 0.102. The fourth-order valence-electron chi connectivity index (χ4n) is 2.74. The molecule has 0 unspecified atom stereocenters. The summed E-state index contributed by atoms with van der Waals surface area (Å²) in [6.07, 6.45) is 1.50. The van der Waals surface area contributed by atoms with Gasteiger partial charge >= 0.3 is 7.12 Å². The summed E-state index contributed by atoms with van der Waals surface area (Å²) in [5.74, 6) is 0.683. The molecule has 1 aliphatic heterocycles. The number of para-hydroxylation sites is 1. The number of amides is 1. The summed E-state index contributed by atoms with van der Waals surface area (Å²) >= 11 is 6.20. The summed E-state index contributed by atoms with van der Waals surface area (Å²) in [5, 5.41) is 12.8. The minimum atomic E-state index is -1.04. The smallest absolute Gasteiger partial charge is 0.439 e. The highest BCUT2D eigenvalue weighted by Crippen LogP contribution is 2.23. The van der Waals surface area contributed by atoms with Crippen LogP contribution < -0.4 is 15.5 Å². The third-order valence-electron chi connectivity index (χ3n) is 4.10. The van der Waals surface area contributed by atoms with Crippen LogP contribution in [0.1, 0.15) is 15.9 Å². The highest BCUT2D eigenvalue weighted by Gasteiger charge is 2.29. The molecule has 134 valence electrons. The number of fused-ring (bicyclic) bond motifs is 1. The van der Waals surface area contributed by atoms with Gasteiger partial charge in [0.15, 0.2) is 0 Å². The van der Waals surface area contributed by atoms with Crippen LogP contribution in [0.15, 0.2) is 60.8 Å². The number of pyridine rings is 1. The normalized spacial score (nSPS) is 12.6. The molecule has 0 radical (unpaired) electrons. The Morgan fingerprint density at radius 1 is 1.22 bits per heavy atom. The number of ether oxygens (including phenoxy) is 1. The van der Waals surface area contributed by atoms with Gasteiger partial charge in [-0.15, -0.1) is 0 Å². The summed E-state index contributed by atoms with van der Waals surface area (Å²) < 4.78 is 10.8. The zero-order chi connectivity index (χ0) is 18.8. The number of carbonyl (C=O) groups is 1. The quantitative estimate of drug-likeness (QED) is 0.680. The predicted octanol–water partition coefficient (Wildman–Crippen LogP) is 3.00. The van der Waals surface area contributed by atoms with E-state index in [1.807, 2.05) is 30.3 Å². The van der Waals surface area contributed by atoms with Crippen molar-refractivity contribution in [1.29, 1.82) is 0 Å². The molecule has 2 aromatic carbocycles. The molecule has 2 heterocycles. The second-order valence-corrected chi connectivity index (χ2v) is 6.36. The number of nitrogens with zero attached hydrogens (tertiary/aromatic N) is 1. The number of rotatable bonds is 4. The summed E-state index contributed by atoms with van der Waals surface area (Å²) in [6, 6.07) is 15.8. The van der Waals surface area contributed by atoms with E-state index in [-0.39, 0.29) is 12.2 Å². The number of anilines is 1. The van der Waals surface area contributed by atoms with E-state index in [2.05, 4.69) is 10.3 Å². The largest absolute Gasteiger partial charge is 0.491 e. The van der Waals surface area contributed by atoms with E-state index in [1.54, 1.807) is 24.3 Å². The molecular weight excluding hydrogens is 366 g/mol. The Morgan fingerprint density at radius 2 is 2.04 bits per heavy atom. The molecule has 0 fully saturated rings. The molecule has 0 atom stereocenters. The van der Waals surface area contributed by atoms with Crippen LogP contribution in [-0.4, -0.2) is 23.0 Å². The van der Waals surface area contributed by atoms with Gasteiger partial charge in [-0.2, -0.15) is 0 Å². The number of hydrogen-bond acceptors (Lipinski definition) is 5. The van der Waals surface area contributed by atoms with Crippen LogP contribution in [0.25, 0.3) is 0 Å². The summed E-state index contributed by atoms with van der Waals surface area (Å²) in [7, 11) is -1.04. The number of carbonyl (C=O) groups excluding carboxylic acids is 1. The van der Waals surface area contributed by atoms with Crippen molar-refractivity contribution < 1.29 is 19.2 Å². The van der Waals surface area contributed by atoms with Gasteiger partial charge < -0.3 is 19.7 Å². The third kappa shape index (κ3) is 3.80. The molecule has 0 spiro atoms. The molecule has 0 saturated heterocycles. The van der Waals surface area contributed by atoms with Gasteiger partial charge in [-0.05, 0) is 41.4 Å². The molecule has 3 aromatic rings. The molecular formula is C19H14BClN2O4. The maximum absolute atomic E-state index is 12.5. The maximum atomic E-state index is 12.5. The minimum absolute atomic E-state index is 0.254. The lowest BCUT2D eigenvalue weighted by Gasteiger charge is -2.10. The number of aromatic nitrogens is 1. The number of benzene rings is 2. The molecule has 0 bridgehead atoms. The SMILES string of the molecule is O=C(Nc1ccc(Oc2ccccc2)nc1)c1cc2c(cc1Cl)COB2O. The van der Waals surface area contributed by atoms with Crippen molar-refractivity contribution in [3.63, 3.8) is 0 Å². The average Bonchev–Trinajstić information content (AvgIpc) is 3.03. The van der Waals surface area contributed by atoms with Gasteiger partial charge in [0, 0.05) is 6.07 Å². The third-order valence-corrected chi connectivity index (χ3v) is 4.41. The molecule has 2 N–H and O–H groups in total. The Morgan fingerprint density at radius 3 is 2.78 bits per heavy atom. The van der Waals surface area contributed by atoms with E-state index in [0.29, 0.717) is 27.8 Å². The van der Waals surface area contributed by atoms with E-state index in [9.17, 15) is 9.82 Å². The number of hydrogen-bond donors (Lipinski definition) is 2. The lowest BCUT2D eigenvalue weighted by atomic mass is 9.78. The minimum Gasteiger partial charge on any atom is -0.439 e. The molecule has 27 heavy (non-hydrogen) atoms. The van der Waals surface area contributed by atoms with Crippen molar-refractivity contribution in [1.82, 2.24) is 4.98 Å². The van der Waals surface area contributed by atoms with Crippen LogP contribution in [0.5, 0.6) is 11.6 Å². The van der Waals surface area contributed by atoms with Crippen LogP contribution in [0.4, 0.5) is 5.69 Å². The number of halogens is 1. The zero-order valence-electron chi connectivity index (χ0n) is 14.1. The summed E-state index contributed by atoms with van der Waals surface area (Å²) in [4.78, 5) is 16.7. The number of nitrogens with one attached hydrogen (secondary N) is 1. The van der Waals surface area contributed by atoms with Gasteiger partial charge in [-0.1, -0.05) is 29.8 Å². The first-order valence-electron chi connectivity index (χ1n) is 8.22. The van der Waals surface area contributed by atoms with E-state index < -0.39 is 13.0 Å². The Hall–Kier alpha value is -2.87. The first kappa shape index (κ1) is 17.5. The fraction of sp³-hybridized carbons (Fsp3) is 0.0526. The molecule has 0 aliphatic carbocycles. The van der Waals surface area contributed by atoms with Crippen LogP contribution >= 0.6 is 11.6 Å². The van der Waals surface area contributed by atoms with Crippen molar-refractivity contribution in [3.8, 4) is 11.6 Å². The Labute approximate surface area is 160 Å².